The number of nitrogens with one attached hydrogen (secondary N) is 2. The van der Waals surface area contributed by atoms with Crippen molar-refractivity contribution >= 4 is 48.9 Å². The van der Waals surface area contributed by atoms with E-state index in [1.54, 1.807) is 18.1 Å². The van der Waals surface area contributed by atoms with Gasteiger partial charge in [-0.05, 0) is 18.2 Å². The van der Waals surface area contributed by atoms with Gasteiger partial charge in [0.2, 0.25) is 10.3 Å². The molecule has 3 rings (SSSR count). The van der Waals surface area contributed by atoms with Gasteiger partial charge >= 0.3 is 0 Å². The van der Waals surface area contributed by atoms with Crippen molar-refractivity contribution in [2.45, 2.75) is 6.17 Å². The number of ether oxygens (including phenoxy) is 1. The van der Waals surface area contributed by atoms with Gasteiger partial charge in [0.15, 0.2) is 0 Å². The highest BCUT2D eigenvalue weighted by atomic mass is 79.9. The minimum atomic E-state index is -0.284. The van der Waals surface area contributed by atoms with Gasteiger partial charge in [0.25, 0.3) is 0 Å². The number of hydrogen-bond acceptors (Lipinski definition) is 9. The maximum Gasteiger partial charge on any atom is 0.207 e. The number of aromatic nitrogens is 4. The van der Waals surface area contributed by atoms with Gasteiger partial charge < -0.3 is 15.4 Å². The van der Waals surface area contributed by atoms with E-state index in [-0.39, 0.29) is 6.17 Å². The number of rotatable bonds is 6. The van der Waals surface area contributed by atoms with E-state index in [1.807, 2.05) is 18.2 Å². The van der Waals surface area contributed by atoms with Crippen molar-refractivity contribution < 1.29 is 4.74 Å². The normalized spacial score (nSPS) is 10.7. The maximum atomic E-state index is 5.45. The second kappa shape index (κ2) is 6.99. The fraction of sp³-hybridized carbons (Fsp3) is 0.167. The summed E-state index contributed by atoms with van der Waals surface area (Å²) in [6, 6.07) is 5.80. The number of anilines is 2. The van der Waals surface area contributed by atoms with E-state index in [1.165, 1.54) is 22.7 Å². The molecule has 114 valence electrons. The van der Waals surface area contributed by atoms with E-state index < -0.39 is 0 Å². The van der Waals surface area contributed by atoms with E-state index in [9.17, 15) is 0 Å². The summed E-state index contributed by atoms with van der Waals surface area (Å²) in [5.41, 5.74) is 4.26. The molecule has 2 N–H and O–H groups in total. The van der Waals surface area contributed by atoms with Crippen LogP contribution in [0.1, 0.15) is 11.7 Å². The summed E-state index contributed by atoms with van der Waals surface area (Å²) >= 11 is 6.32. The van der Waals surface area contributed by atoms with Gasteiger partial charge in [0, 0.05) is 10.0 Å². The van der Waals surface area contributed by atoms with Crippen molar-refractivity contribution in [2.75, 3.05) is 17.7 Å². The highest BCUT2D eigenvalue weighted by Gasteiger charge is 2.19. The maximum absolute atomic E-state index is 5.45. The van der Waals surface area contributed by atoms with E-state index in [4.69, 9.17) is 4.74 Å². The Morgan fingerprint density at radius 3 is 2.23 bits per heavy atom. The summed E-state index contributed by atoms with van der Waals surface area (Å²) in [4.78, 5) is 0. The molecule has 0 saturated carbocycles. The van der Waals surface area contributed by atoms with Crippen LogP contribution in [0.4, 0.5) is 10.3 Å². The highest BCUT2D eigenvalue weighted by Crippen LogP contribution is 2.32. The second-order valence-corrected chi connectivity index (χ2v) is 6.68. The summed E-state index contributed by atoms with van der Waals surface area (Å²) in [5, 5.41) is 23.7. The molecule has 0 unspecified atom stereocenters. The Balaban J connectivity index is 1.95. The zero-order valence-electron chi connectivity index (χ0n) is 11.4. The molecule has 0 aliphatic rings. The van der Waals surface area contributed by atoms with Crippen molar-refractivity contribution in [1.29, 1.82) is 0 Å². The highest BCUT2D eigenvalue weighted by molar-refractivity contribution is 9.10. The molecule has 0 radical (unpaired) electrons. The first kappa shape index (κ1) is 15.1. The van der Waals surface area contributed by atoms with Crippen LogP contribution in [0.3, 0.4) is 0 Å². The first-order valence-corrected chi connectivity index (χ1v) is 8.70. The van der Waals surface area contributed by atoms with E-state index >= 15 is 0 Å². The van der Waals surface area contributed by atoms with Crippen molar-refractivity contribution in [1.82, 2.24) is 20.4 Å². The lowest BCUT2D eigenvalue weighted by Gasteiger charge is -2.21. The topological polar surface area (TPSA) is 84.9 Å². The fourth-order valence-electron chi connectivity index (χ4n) is 1.84. The number of nitrogens with zero attached hydrogens (tertiary/aromatic N) is 4. The molecule has 2 aromatic heterocycles. The molecule has 3 aromatic rings. The van der Waals surface area contributed by atoms with Crippen molar-refractivity contribution in [3.63, 3.8) is 0 Å². The van der Waals surface area contributed by atoms with Gasteiger partial charge in [0.1, 0.15) is 22.9 Å². The van der Waals surface area contributed by atoms with Crippen molar-refractivity contribution in [3.05, 3.63) is 39.3 Å². The van der Waals surface area contributed by atoms with E-state index in [0.717, 1.165) is 15.8 Å². The van der Waals surface area contributed by atoms with Crippen LogP contribution >= 0.6 is 38.6 Å². The Bertz CT molecular complexity index is 685. The standard InChI is InChI=1S/C12H11BrN6OS2/c1-20-9-3-2-7(13)4-8(9)10(16-11-18-14-5-21-11)17-12-19-15-6-22-12/h2-6,10H,1H3,(H,16,18)(H,17,19). The third-order valence-corrected chi connectivity index (χ3v) is 4.50. The largest absolute Gasteiger partial charge is 0.496 e. The van der Waals surface area contributed by atoms with Crippen LogP contribution in [0.25, 0.3) is 0 Å². The minimum Gasteiger partial charge on any atom is -0.496 e. The zero-order chi connectivity index (χ0) is 15.4. The molecule has 7 nitrogen and oxygen atoms in total. The van der Waals surface area contributed by atoms with E-state index in [0.29, 0.717) is 10.3 Å². The number of halogens is 1. The Morgan fingerprint density at radius 2 is 1.73 bits per heavy atom. The molecule has 0 bridgehead atoms. The van der Waals surface area contributed by atoms with Crippen molar-refractivity contribution in [3.8, 4) is 5.75 Å². The van der Waals surface area contributed by atoms with Crippen LogP contribution in [-0.4, -0.2) is 27.5 Å². The summed E-state index contributed by atoms with van der Waals surface area (Å²) in [6.07, 6.45) is -0.284. The third kappa shape index (κ3) is 3.51. The van der Waals surface area contributed by atoms with Crippen LogP contribution in [0.2, 0.25) is 0 Å². The lowest BCUT2D eigenvalue weighted by Crippen LogP contribution is -2.20. The lowest BCUT2D eigenvalue weighted by molar-refractivity contribution is 0.408. The van der Waals surface area contributed by atoms with Gasteiger partial charge in [-0.3, -0.25) is 0 Å². The predicted molar refractivity (Wildman–Crippen MR) is 90.5 cm³/mol. The Kier molecular flexibility index (Phi) is 4.80. The Morgan fingerprint density at radius 1 is 1.09 bits per heavy atom. The molecule has 0 spiro atoms. The molecule has 10 heteroatoms. The predicted octanol–water partition coefficient (Wildman–Crippen LogP) is 3.38. The summed E-state index contributed by atoms with van der Waals surface area (Å²) in [7, 11) is 1.64. The summed E-state index contributed by atoms with van der Waals surface area (Å²) in [5.74, 6) is 0.752. The van der Waals surface area contributed by atoms with Gasteiger partial charge in [-0.2, -0.15) is 0 Å². The second-order valence-electron chi connectivity index (χ2n) is 4.10. The molecular weight excluding hydrogens is 388 g/mol. The average Bonchev–Trinajstić information content (AvgIpc) is 3.20. The van der Waals surface area contributed by atoms with Gasteiger partial charge in [-0.25, -0.2) is 0 Å². The smallest absolute Gasteiger partial charge is 0.207 e. The molecule has 0 aliphatic carbocycles. The van der Waals surface area contributed by atoms with Gasteiger partial charge in [0.05, 0.1) is 7.11 Å². The molecule has 0 amide bonds. The molecule has 0 saturated heterocycles. The zero-order valence-corrected chi connectivity index (χ0v) is 14.6. The fourth-order valence-corrected chi connectivity index (χ4v) is 3.17. The summed E-state index contributed by atoms with van der Waals surface area (Å²) < 4.78 is 6.40. The number of methoxy groups -OCH3 is 1. The van der Waals surface area contributed by atoms with Crippen LogP contribution in [-0.2, 0) is 0 Å². The Hall–Kier alpha value is -1.78. The van der Waals surface area contributed by atoms with Crippen LogP contribution in [0.5, 0.6) is 5.75 Å². The number of benzene rings is 1. The molecule has 1 aromatic carbocycles. The first-order valence-electron chi connectivity index (χ1n) is 6.15. The van der Waals surface area contributed by atoms with Crippen LogP contribution in [0.15, 0.2) is 33.7 Å². The quantitative estimate of drug-likeness (QED) is 0.615. The lowest BCUT2D eigenvalue weighted by atomic mass is 10.1. The Labute approximate surface area is 142 Å². The molecule has 0 atom stereocenters. The molecule has 0 fully saturated rings. The minimum absolute atomic E-state index is 0.284. The third-order valence-electron chi connectivity index (χ3n) is 2.76. The summed E-state index contributed by atoms with van der Waals surface area (Å²) in [6.45, 7) is 0. The van der Waals surface area contributed by atoms with Gasteiger partial charge in [-0.15, -0.1) is 20.4 Å². The van der Waals surface area contributed by atoms with Crippen LogP contribution in [0, 0.1) is 0 Å². The number of hydrogen-bond donors (Lipinski definition) is 2. The van der Waals surface area contributed by atoms with Crippen LogP contribution < -0.4 is 15.4 Å². The average molecular weight is 399 g/mol. The van der Waals surface area contributed by atoms with Crippen molar-refractivity contribution in [2.24, 2.45) is 0 Å². The SMILES string of the molecule is COc1ccc(Br)cc1C(Nc1nncs1)Nc1nncs1. The first-order chi connectivity index (χ1) is 10.8. The van der Waals surface area contributed by atoms with Gasteiger partial charge in [-0.1, -0.05) is 38.6 Å². The molecule has 22 heavy (non-hydrogen) atoms. The molecule has 2 heterocycles. The molecule has 0 aliphatic heterocycles. The monoisotopic (exact) mass is 398 g/mol. The van der Waals surface area contributed by atoms with E-state index in [2.05, 4.69) is 47.0 Å². The molecular formula is C12H11BrN6OS2.